The molecule has 6 nitrogen and oxygen atoms in total. The van der Waals surface area contributed by atoms with E-state index >= 15 is 4.39 Å². The highest BCUT2D eigenvalue weighted by atomic mass is 19.1. The Morgan fingerprint density at radius 2 is 2.03 bits per heavy atom. The van der Waals surface area contributed by atoms with Crippen LogP contribution in [0.2, 0.25) is 0 Å². The van der Waals surface area contributed by atoms with Gasteiger partial charge in [0.1, 0.15) is 23.3 Å². The van der Waals surface area contributed by atoms with Crippen molar-refractivity contribution < 1.29 is 28.2 Å². The number of hydrogen-bond donors (Lipinski definition) is 2. The number of amides is 1. The Balaban J connectivity index is 1.70. The van der Waals surface area contributed by atoms with Gasteiger partial charge in [0.25, 0.3) is 0 Å². The monoisotopic (exact) mass is 516 g/mol. The van der Waals surface area contributed by atoms with E-state index in [0.29, 0.717) is 49.1 Å². The van der Waals surface area contributed by atoms with E-state index in [2.05, 4.69) is 0 Å². The van der Waals surface area contributed by atoms with E-state index < -0.39 is 17.5 Å². The molecule has 0 bridgehead atoms. The van der Waals surface area contributed by atoms with Crippen molar-refractivity contribution in [1.29, 1.82) is 0 Å². The van der Waals surface area contributed by atoms with Crippen LogP contribution in [0.15, 0.2) is 36.4 Å². The van der Waals surface area contributed by atoms with Gasteiger partial charge in [0, 0.05) is 37.8 Å². The third kappa shape index (κ3) is 6.03. The molecule has 2 aromatic rings. The summed E-state index contributed by atoms with van der Waals surface area (Å²) in [5, 5.41) is 12.3. The first-order valence-corrected chi connectivity index (χ1v) is 13.2. The molecule has 1 unspecified atom stereocenters. The van der Waals surface area contributed by atoms with Gasteiger partial charge >= 0.3 is 0 Å². The van der Waals surface area contributed by atoms with E-state index in [1.54, 1.807) is 37.1 Å². The van der Waals surface area contributed by atoms with E-state index in [9.17, 15) is 14.3 Å². The Kier molecular flexibility index (Phi) is 8.95. The topological polar surface area (TPSA) is 85.0 Å². The third-order valence-corrected chi connectivity index (χ3v) is 7.82. The Labute approximate surface area is 217 Å². The molecule has 0 spiro atoms. The number of benzene rings is 2. The number of aryl methyl sites for hydroxylation is 1. The number of morpholine rings is 1. The molecule has 1 saturated heterocycles. The number of rotatable bonds is 9. The smallest absolute Gasteiger partial charge is 0.225 e. The maximum absolute atomic E-state index is 15.4. The van der Waals surface area contributed by atoms with Crippen LogP contribution in [0, 0.1) is 24.5 Å². The minimum atomic E-state index is -1.58. The van der Waals surface area contributed by atoms with E-state index in [4.69, 9.17) is 15.2 Å². The Hall–Kier alpha value is -2.39. The Morgan fingerprint density at radius 3 is 2.73 bits per heavy atom. The van der Waals surface area contributed by atoms with Crippen LogP contribution >= 0.6 is 0 Å². The van der Waals surface area contributed by atoms with Gasteiger partial charge in [0.05, 0.1) is 13.2 Å². The number of nitrogens with zero attached hydrogens (tertiary/aromatic N) is 1. The molecule has 1 saturated carbocycles. The molecule has 4 atom stereocenters. The fraction of sp³-hybridized carbons (Fsp3) is 0.552. The number of methoxy groups -OCH3 is 1. The first kappa shape index (κ1) is 27.6. The number of carbonyl (C=O) groups is 1. The fourth-order valence-electron chi connectivity index (χ4n) is 5.73. The van der Waals surface area contributed by atoms with Crippen LogP contribution < -0.4 is 5.73 Å². The van der Waals surface area contributed by atoms with Gasteiger partial charge in [-0.25, -0.2) is 8.78 Å². The largest absolute Gasteiger partial charge is 0.385 e. The van der Waals surface area contributed by atoms with Crippen molar-refractivity contribution in [3.63, 3.8) is 0 Å². The van der Waals surface area contributed by atoms with E-state index in [1.165, 1.54) is 18.2 Å². The molecule has 2 fully saturated rings. The predicted octanol–water partition coefficient (Wildman–Crippen LogP) is 4.30. The van der Waals surface area contributed by atoms with Gasteiger partial charge in [-0.15, -0.1) is 0 Å². The van der Waals surface area contributed by atoms with Crippen molar-refractivity contribution in [2.45, 2.75) is 63.2 Å². The zero-order chi connectivity index (χ0) is 26.6. The summed E-state index contributed by atoms with van der Waals surface area (Å²) >= 11 is 0. The molecule has 8 heteroatoms. The second-order valence-corrected chi connectivity index (χ2v) is 10.4. The fourth-order valence-corrected chi connectivity index (χ4v) is 5.73. The summed E-state index contributed by atoms with van der Waals surface area (Å²) in [7, 11) is 1.62. The molecule has 2 aliphatic rings. The number of nitrogens with two attached hydrogens (primary N) is 1. The number of unbranched alkanes of at least 4 members (excludes halogenated alkanes) is 1. The number of ether oxygens (including phenoxy) is 2. The normalized spacial score (nSPS) is 23.7. The Bertz CT molecular complexity index is 1100. The molecule has 202 valence electrons. The molecular weight excluding hydrogens is 478 g/mol. The molecule has 1 amide bonds. The summed E-state index contributed by atoms with van der Waals surface area (Å²) in [6, 6.07) is 9.06. The van der Waals surface area contributed by atoms with Crippen molar-refractivity contribution in [3.8, 4) is 11.1 Å². The average molecular weight is 517 g/mol. The van der Waals surface area contributed by atoms with Crippen LogP contribution in [0.3, 0.4) is 0 Å². The Morgan fingerprint density at radius 1 is 1.22 bits per heavy atom. The first-order valence-electron chi connectivity index (χ1n) is 13.2. The van der Waals surface area contributed by atoms with Gasteiger partial charge in [-0.2, -0.15) is 0 Å². The van der Waals surface area contributed by atoms with Gasteiger partial charge in [-0.05, 0) is 80.3 Å². The molecule has 0 radical (unpaired) electrons. The number of aliphatic hydroxyl groups is 1. The predicted molar refractivity (Wildman–Crippen MR) is 138 cm³/mol. The van der Waals surface area contributed by atoms with E-state index in [0.717, 1.165) is 12.8 Å². The molecule has 1 aliphatic carbocycles. The standard InChI is InChI=1S/C29H38F2N2O4/c1-19-16-20(9-11-24(19)30)27-23(6-5-7-25(27)31)29(35,12-3-4-14-36-2)26-18-33(13-15-37-26)28(34)21-8-10-22(32)17-21/h5-7,9,11,16,21-22,26,35H,3-4,8,10,12-15,17-18,32H2,1-2H3/t21?,22-,26+,29+/m0/s1. The lowest BCUT2D eigenvalue weighted by atomic mass is 9.78. The van der Waals surface area contributed by atoms with E-state index in [-0.39, 0.29) is 48.8 Å². The van der Waals surface area contributed by atoms with Crippen LogP contribution in [0.5, 0.6) is 0 Å². The van der Waals surface area contributed by atoms with Crippen LogP contribution in [-0.2, 0) is 19.9 Å². The number of halogens is 2. The summed E-state index contributed by atoms with van der Waals surface area (Å²) in [6.07, 6.45) is 3.10. The maximum Gasteiger partial charge on any atom is 0.225 e. The van der Waals surface area contributed by atoms with Crippen molar-refractivity contribution in [2.75, 3.05) is 33.4 Å². The minimum Gasteiger partial charge on any atom is -0.385 e. The zero-order valence-corrected chi connectivity index (χ0v) is 21.7. The quantitative estimate of drug-likeness (QED) is 0.486. The minimum absolute atomic E-state index is 0.0385. The van der Waals surface area contributed by atoms with Gasteiger partial charge < -0.3 is 25.2 Å². The van der Waals surface area contributed by atoms with Crippen LogP contribution in [-0.4, -0.2) is 61.5 Å². The second-order valence-electron chi connectivity index (χ2n) is 10.4. The van der Waals surface area contributed by atoms with Gasteiger partial charge in [0.15, 0.2) is 0 Å². The number of carbonyl (C=O) groups excluding carboxylic acids is 1. The summed E-state index contributed by atoms with van der Waals surface area (Å²) in [4.78, 5) is 15.0. The molecule has 1 heterocycles. The first-order chi connectivity index (χ1) is 17.7. The summed E-state index contributed by atoms with van der Waals surface area (Å²) in [5.74, 6) is -0.970. The summed E-state index contributed by atoms with van der Waals surface area (Å²) in [5.41, 5.74) is 5.91. The van der Waals surface area contributed by atoms with Gasteiger partial charge in [-0.1, -0.05) is 18.2 Å². The molecular formula is C29H38F2N2O4. The van der Waals surface area contributed by atoms with Crippen molar-refractivity contribution in [3.05, 3.63) is 59.2 Å². The molecule has 3 N–H and O–H groups in total. The van der Waals surface area contributed by atoms with E-state index in [1.807, 2.05) is 0 Å². The van der Waals surface area contributed by atoms with Crippen molar-refractivity contribution in [1.82, 2.24) is 4.90 Å². The second kappa shape index (κ2) is 12.0. The lowest BCUT2D eigenvalue weighted by molar-refractivity contribution is -0.167. The van der Waals surface area contributed by atoms with Crippen LogP contribution in [0.4, 0.5) is 8.78 Å². The summed E-state index contributed by atoms with van der Waals surface area (Å²) < 4.78 is 40.7. The lowest BCUT2D eigenvalue weighted by Crippen LogP contribution is -2.55. The van der Waals surface area contributed by atoms with Gasteiger partial charge in [0.2, 0.25) is 5.91 Å². The van der Waals surface area contributed by atoms with Crippen LogP contribution in [0.25, 0.3) is 11.1 Å². The molecule has 4 rings (SSSR count). The van der Waals surface area contributed by atoms with Crippen molar-refractivity contribution in [2.24, 2.45) is 11.7 Å². The highest BCUT2D eigenvalue weighted by Crippen LogP contribution is 2.41. The highest BCUT2D eigenvalue weighted by Gasteiger charge is 2.45. The maximum atomic E-state index is 15.4. The molecule has 37 heavy (non-hydrogen) atoms. The van der Waals surface area contributed by atoms with Crippen molar-refractivity contribution >= 4 is 5.91 Å². The number of hydrogen-bond acceptors (Lipinski definition) is 5. The zero-order valence-electron chi connectivity index (χ0n) is 21.7. The highest BCUT2D eigenvalue weighted by molar-refractivity contribution is 5.79. The third-order valence-electron chi connectivity index (χ3n) is 7.82. The van der Waals surface area contributed by atoms with Crippen LogP contribution in [0.1, 0.15) is 49.7 Å². The average Bonchev–Trinajstić information content (AvgIpc) is 3.34. The SMILES string of the molecule is COCCCC[C@@](O)(c1cccc(F)c1-c1ccc(F)c(C)c1)[C@H]1CN(C(=O)C2CC[C@H](N)C2)CCO1. The summed E-state index contributed by atoms with van der Waals surface area (Å²) in [6.45, 7) is 3.06. The molecule has 2 aromatic carbocycles. The van der Waals surface area contributed by atoms with Gasteiger partial charge in [-0.3, -0.25) is 4.79 Å². The lowest BCUT2D eigenvalue weighted by Gasteiger charge is -2.43. The molecule has 0 aromatic heterocycles. The molecule has 1 aliphatic heterocycles.